The van der Waals surface area contributed by atoms with E-state index in [0.29, 0.717) is 19.6 Å². The number of nitrogens with zero attached hydrogens (tertiary/aromatic N) is 1. The predicted octanol–water partition coefficient (Wildman–Crippen LogP) is 1.92. The molecule has 1 aromatic rings. The molecule has 1 heterocycles. The van der Waals surface area contributed by atoms with E-state index in [1.54, 1.807) is 4.90 Å². The Labute approximate surface area is 106 Å². The SMILES string of the molecule is O=C(OCc1ccccc1)N1CCC2(O)CCC12. The van der Waals surface area contributed by atoms with Crippen LogP contribution in [0.5, 0.6) is 0 Å². The molecule has 2 atom stereocenters. The minimum Gasteiger partial charge on any atom is -0.445 e. The van der Waals surface area contributed by atoms with Gasteiger partial charge in [-0.1, -0.05) is 30.3 Å². The maximum absolute atomic E-state index is 11.9. The van der Waals surface area contributed by atoms with Crippen molar-refractivity contribution in [3.05, 3.63) is 35.9 Å². The summed E-state index contributed by atoms with van der Waals surface area (Å²) in [5.74, 6) is 0. The Morgan fingerprint density at radius 2 is 2.17 bits per heavy atom. The number of benzene rings is 1. The average Bonchev–Trinajstić information content (AvgIpc) is 2.61. The van der Waals surface area contributed by atoms with Crippen LogP contribution in [-0.4, -0.2) is 34.3 Å². The first kappa shape index (κ1) is 11.5. The second kappa shape index (κ2) is 4.28. The van der Waals surface area contributed by atoms with Gasteiger partial charge in [0.15, 0.2) is 0 Å². The molecule has 1 amide bonds. The van der Waals surface area contributed by atoms with Crippen molar-refractivity contribution < 1.29 is 14.6 Å². The van der Waals surface area contributed by atoms with Crippen molar-refractivity contribution in [2.24, 2.45) is 0 Å². The molecule has 0 radical (unpaired) electrons. The Balaban J connectivity index is 1.57. The number of carbonyl (C=O) groups excluding carboxylic acids is 1. The van der Waals surface area contributed by atoms with Crippen molar-refractivity contribution in [1.82, 2.24) is 4.90 Å². The Morgan fingerprint density at radius 3 is 2.78 bits per heavy atom. The second-order valence-corrected chi connectivity index (χ2v) is 5.14. The van der Waals surface area contributed by atoms with Crippen molar-refractivity contribution in [3.63, 3.8) is 0 Å². The third-order valence-electron chi connectivity index (χ3n) is 4.07. The van der Waals surface area contributed by atoms with Gasteiger partial charge >= 0.3 is 6.09 Å². The lowest BCUT2D eigenvalue weighted by Crippen LogP contribution is -2.54. The van der Waals surface area contributed by atoms with Gasteiger partial charge in [0.05, 0.1) is 11.6 Å². The first-order chi connectivity index (χ1) is 8.69. The van der Waals surface area contributed by atoms with Crippen molar-refractivity contribution >= 4 is 6.09 Å². The maximum Gasteiger partial charge on any atom is 0.410 e. The van der Waals surface area contributed by atoms with Crippen LogP contribution in [-0.2, 0) is 11.3 Å². The van der Waals surface area contributed by atoms with Crippen LogP contribution < -0.4 is 0 Å². The summed E-state index contributed by atoms with van der Waals surface area (Å²) >= 11 is 0. The molecule has 2 fully saturated rings. The molecule has 0 spiro atoms. The fraction of sp³-hybridized carbons (Fsp3) is 0.500. The van der Waals surface area contributed by atoms with Crippen LogP contribution in [0.4, 0.5) is 4.79 Å². The number of rotatable bonds is 2. The number of ether oxygens (including phenoxy) is 1. The predicted molar refractivity (Wildman–Crippen MR) is 65.9 cm³/mol. The summed E-state index contributed by atoms with van der Waals surface area (Å²) in [4.78, 5) is 13.6. The highest BCUT2D eigenvalue weighted by atomic mass is 16.6. The van der Waals surface area contributed by atoms with Crippen LogP contribution in [0.1, 0.15) is 24.8 Å². The quantitative estimate of drug-likeness (QED) is 0.868. The Kier molecular flexibility index (Phi) is 2.74. The molecule has 1 N–H and O–H groups in total. The molecule has 1 aliphatic heterocycles. The van der Waals surface area contributed by atoms with Crippen molar-refractivity contribution in [2.45, 2.75) is 37.5 Å². The smallest absolute Gasteiger partial charge is 0.410 e. The molecule has 1 aromatic carbocycles. The molecule has 18 heavy (non-hydrogen) atoms. The van der Waals surface area contributed by atoms with E-state index in [9.17, 15) is 9.90 Å². The fourth-order valence-corrected chi connectivity index (χ4v) is 2.83. The lowest BCUT2D eigenvalue weighted by atomic mass is 9.75. The fourth-order valence-electron chi connectivity index (χ4n) is 2.83. The summed E-state index contributed by atoms with van der Waals surface area (Å²) in [6.45, 7) is 0.899. The number of aliphatic hydroxyl groups is 1. The van der Waals surface area contributed by atoms with Crippen LogP contribution in [0, 0.1) is 0 Å². The largest absolute Gasteiger partial charge is 0.445 e. The lowest BCUT2D eigenvalue weighted by Gasteiger charge is -2.42. The minimum atomic E-state index is -0.633. The van der Waals surface area contributed by atoms with Crippen molar-refractivity contribution in [2.75, 3.05) is 6.54 Å². The van der Waals surface area contributed by atoms with E-state index in [2.05, 4.69) is 0 Å². The molecule has 0 aromatic heterocycles. The van der Waals surface area contributed by atoms with Gasteiger partial charge in [0.2, 0.25) is 0 Å². The molecule has 4 heteroatoms. The monoisotopic (exact) mass is 247 g/mol. The third-order valence-corrected chi connectivity index (χ3v) is 4.07. The number of fused-ring (bicyclic) bond motifs is 1. The third kappa shape index (κ3) is 1.86. The zero-order chi connectivity index (χ0) is 12.6. The van der Waals surface area contributed by atoms with Gasteiger partial charge in [0.1, 0.15) is 6.61 Å². The van der Waals surface area contributed by atoms with E-state index in [0.717, 1.165) is 18.4 Å². The summed E-state index contributed by atoms with van der Waals surface area (Å²) in [6, 6.07) is 9.60. The van der Waals surface area contributed by atoms with Crippen LogP contribution in [0.2, 0.25) is 0 Å². The van der Waals surface area contributed by atoms with Crippen molar-refractivity contribution in [3.8, 4) is 0 Å². The number of carbonyl (C=O) groups is 1. The highest BCUT2D eigenvalue weighted by Gasteiger charge is 2.54. The number of hydrogen-bond acceptors (Lipinski definition) is 3. The van der Waals surface area contributed by atoms with Gasteiger partial charge in [-0.05, 0) is 24.8 Å². The summed E-state index contributed by atoms with van der Waals surface area (Å²) in [5.41, 5.74) is 0.347. The molecular weight excluding hydrogens is 230 g/mol. The maximum atomic E-state index is 11.9. The summed E-state index contributed by atoms with van der Waals surface area (Å²) in [5, 5.41) is 10.1. The zero-order valence-corrected chi connectivity index (χ0v) is 10.2. The lowest BCUT2D eigenvalue weighted by molar-refractivity contribution is -0.0665. The molecule has 1 saturated heterocycles. The van der Waals surface area contributed by atoms with Crippen molar-refractivity contribution in [1.29, 1.82) is 0 Å². The molecule has 1 aliphatic carbocycles. The Bertz CT molecular complexity index is 448. The highest BCUT2D eigenvalue weighted by molar-refractivity contribution is 5.69. The molecule has 2 unspecified atom stereocenters. The van der Waals surface area contributed by atoms with Gasteiger partial charge in [0, 0.05) is 6.54 Å². The standard InChI is InChI=1S/C14H17NO3/c16-13(18-10-11-4-2-1-3-5-11)15-9-8-14(17)7-6-12(14)15/h1-5,12,17H,6-10H2. The summed E-state index contributed by atoms with van der Waals surface area (Å²) in [7, 11) is 0. The first-order valence-corrected chi connectivity index (χ1v) is 6.39. The van der Waals surface area contributed by atoms with Crippen LogP contribution in [0.25, 0.3) is 0 Å². The molecule has 1 saturated carbocycles. The minimum absolute atomic E-state index is 0.0271. The number of likely N-dealkylation sites (tertiary alicyclic amines) is 1. The summed E-state index contributed by atoms with van der Waals surface area (Å²) in [6.07, 6.45) is 2.06. The Hall–Kier alpha value is -1.55. The number of amides is 1. The molecule has 2 aliphatic rings. The molecule has 96 valence electrons. The van der Waals surface area contributed by atoms with Gasteiger partial charge < -0.3 is 14.7 Å². The van der Waals surface area contributed by atoms with Crippen LogP contribution >= 0.6 is 0 Å². The van der Waals surface area contributed by atoms with Gasteiger partial charge in [-0.15, -0.1) is 0 Å². The first-order valence-electron chi connectivity index (χ1n) is 6.39. The van der Waals surface area contributed by atoms with E-state index in [1.807, 2.05) is 30.3 Å². The van der Waals surface area contributed by atoms with E-state index < -0.39 is 5.60 Å². The van der Waals surface area contributed by atoms with E-state index in [4.69, 9.17) is 4.74 Å². The van der Waals surface area contributed by atoms with Crippen LogP contribution in [0.15, 0.2) is 30.3 Å². The average molecular weight is 247 g/mol. The molecular formula is C14H17NO3. The van der Waals surface area contributed by atoms with Gasteiger partial charge in [-0.3, -0.25) is 0 Å². The summed E-state index contributed by atoms with van der Waals surface area (Å²) < 4.78 is 5.29. The van der Waals surface area contributed by atoms with Gasteiger partial charge in [-0.25, -0.2) is 4.79 Å². The van der Waals surface area contributed by atoms with Crippen LogP contribution in [0.3, 0.4) is 0 Å². The van der Waals surface area contributed by atoms with E-state index in [1.165, 1.54) is 0 Å². The normalized spacial score (nSPS) is 29.6. The number of hydrogen-bond donors (Lipinski definition) is 1. The molecule has 4 nitrogen and oxygen atoms in total. The topological polar surface area (TPSA) is 49.8 Å². The molecule has 0 bridgehead atoms. The molecule has 3 rings (SSSR count). The second-order valence-electron chi connectivity index (χ2n) is 5.14. The van der Waals surface area contributed by atoms with Gasteiger partial charge in [0.25, 0.3) is 0 Å². The zero-order valence-electron chi connectivity index (χ0n) is 10.2. The highest BCUT2D eigenvalue weighted by Crippen LogP contribution is 2.44. The Morgan fingerprint density at radius 1 is 1.39 bits per heavy atom. The van der Waals surface area contributed by atoms with E-state index in [-0.39, 0.29) is 12.1 Å². The van der Waals surface area contributed by atoms with E-state index >= 15 is 0 Å². The van der Waals surface area contributed by atoms with Gasteiger partial charge in [-0.2, -0.15) is 0 Å².